The second-order valence-electron chi connectivity index (χ2n) is 11.4. The van der Waals surface area contributed by atoms with Crippen molar-refractivity contribution in [2.24, 2.45) is 10.4 Å². The first-order chi connectivity index (χ1) is 19.1. The van der Waals surface area contributed by atoms with Gasteiger partial charge in [0.2, 0.25) is 0 Å². The summed E-state index contributed by atoms with van der Waals surface area (Å²) in [4.78, 5) is 41.8. The van der Waals surface area contributed by atoms with Gasteiger partial charge in [-0.1, -0.05) is 44.5 Å². The molecule has 0 saturated carbocycles. The minimum atomic E-state index is -0.881. The highest BCUT2D eigenvalue weighted by atomic mass is 35.5. The van der Waals surface area contributed by atoms with E-state index in [0.717, 1.165) is 0 Å². The van der Waals surface area contributed by atoms with Crippen molar-refractivity contribution in [3.05, 3.63) is 62.5 Å². The van der Waals surface area contributed by atoms with Crippen LogP contribution >= 0.6 is 22.9 Å². The first-order valence-corrected chi connectivity index (χ1v) is 14.7. The van der Waals surface area contributed by atoms with Crippen LogP contribution in [-0.4, -0.2) is 89.4 Å². The Balaban J connectivity index is 1.48. The molecule has 2 amide bonds. The monoisotopic (exact) mass is 588 g/mol. The zero-order valence-electron chi connectivity index (χ0n) is 23.1. The average molecular weight is 589 g/mol. The Hall–Kier alpha value is -3.02. The molecular weight excluding hydrogens is 555 g/mol. The molecule has 5 rings (SSSR count). The van der Waals surface area contributed by atoms with E-state index in [9.17, 15) is 14.0 Å². The number of hydrogen-bond donors (Lipinski definition) is 1. The molecule has 214 valence electrons. The maximum absolute atomic E-state index is 14.6. The van der Waals surface area contributed by atoms with Gasteiger partial charge in [0.1, 0.15) is 11.9 Å². The van der Waals surface area contributed by atoms with Crippen molar-refractivity contribution in [3.63, 3.8) is 0 Å². The molecule has 4 heterocycles. The summed E-state index contributed by atoms with van der Waals surface area (Å²) in [5.41, 5.74) is 1.28. The summed E-state index contributed by atoms with van der Waals surface area (Å²) in [5, 5.41) is 5.74. The van der Waals surface area contributed by atoms with Crippen molar-refractivity contribution < 1.29 is 18.7 Å². The number of aromatic nitrogens is 1. The normalized spacial score (nSPS) is 21.9. The van der Waals surface area contributed by atoms with Gasteiger partial charge < -0.3 is 19.9 Å². The highest BCUT2D eigenvalue weighted by Crippen LogP contribution is 2.37. The van der Waals surface area contributed by atoms with Crippen LogP contribution in [0.5, 0.6) is 0 Å². The van der Waals surface area contributed by atoms with Gasteiger partial charge >= 0.3 is 12.0 Å². The molecule has 0 radical (unpaired) electrons. The van der Waals surface area contributed by atoms with Gasteiger partial charge in [-0.05, 0) is 18.4 Å². The van der Waals surface area contributed by atoms with E-state index >= 15 is 0 Å². The molecule has 12 heteroatoms. The van der Waals surface area contributed by atoms with Crippen LogP contribution in [0.15, 0.2) is 46.0 Å². The van der Waals surface area contributed by atoms with Crippen LogP contribution in [0.1, 0.15) is 44.3 Å². The first-order valence-electron chi connectivity index (χ1n) is 13.4. The largest absolute Gasteiger partial charge is 0.463 e. The van der Waals surface area contributed by atoms with Crippen molar-refractivity contribution in [2.45, 2.75) is 39.8 Å². The van der Waals surface area contributed by atoms with Crippen molar-refractivity contribution in [1.29, 1.82) is 0 Å². The lowest BCUT2D eigenvalue weighted by atomic mass is 9.95. The number of thiazole rings is 1. The summed E-state index contributed by atoms with van der Waals surface area (Å²) in [5.74, 6) is -0.645. The quantitative estimate of drug-likeness (QED) is 0.485. The number of aliphatic imine (C=N–C) groups is 1. The summed E-state index contributed by atoms with van der Waals surface area (Å²) < 4.78 is 20.0. The standard InChI is InChI=1S/C28H34ClFN6O3S/c1-5-39-26(37)21-20(15-34-10-11-36-17(13-34)14-35(27(36)38)16-28(2,3)4)32-24(25-31-9-12-40-25)33-23(21)18-7-6-8-19(30)22(18)29/h6-9,12,17,23H,5,10-11,13-16H2,1-4H3,(H,32,33)/t17-,23-/m0/s1. The number of carbonyl (C=O) groups excluding carboxylic acids is 2. The highest BCUT2D eigenvalue weighted by Gasteiger charge is 2.42. The molecule has 1 aromatic carbocycles. The van der Waals surface area contributed by atoms with Crippen LogP contribution < -0.4 is 5.32 Å². The summed E-state index contributed by atoms with van der Waals surface area (Å²) in [7, 11) is 0. The predicted molar refractivity (Wildman–Crippen MR) is 153 cm³/mol. The van der Waals surface area contributed by atoms with Gasteiger partial charge in [-0.15, -0.1) is 11.3 Å². The Morgan fingerprint density at radius 1 is 1.27 bits per heavy atom. The zero-order chi connectivity index (χ0) is 28.6. The number of benzene rings is 1. The van der Waals surface area contributed by atoms with E-state index in [1.54, 1.807) is 25.3 Å². The Bertz CT molecular complexity index is 1340. The van der Waals surface area contributed by atoms with Crippen LogP contribution in [0.2, 0.25) is 5.02 Å². The smallest absolute Gasteiger partial charge is 0.338 e. The van der Waals surface area contributed by atoms with Crippen molar-refractivity contribution in [1.82, 2.24) is 25.0 Å². The van der Waals surface area contributed by atoms with Crippen LogP contribution in [-0.2, 0) is 9.53 Å². The minimum Gasteiger partial charge on any atom is -0.463 e. The number of amidine groups is 1. The van der Waals surface area contributed by atoms with Crippen LogP contribution in [0.4, 0.5) is 9.18 Å². The summed E-state index contributed by atoms with van der Waals surface area (Å²) in [6.07, 6.45) is 1.68. The number of nitrogens with one attached hydrogen (secondary N) is 1. The fourth-order valence-corrected chi connectivity index (χ4v) is 6.31. The van der Waals surface area contributed by atoms with Gasteiger partial charge in [0.15, 0.2) is 10.8 Å². The molecule has 2 atom stereocenters. The van der Waals surface area contributed by atoms with E-state index < -0.39 is 17.8 Å². The van der Waals surface area contributed by atoms with Gasteiger partial charge in [0.25, 0.3) is 0 Å². The Morgan fingerprint density at radius 3 is 2.77 bits per heavy atom. The Labute approximate surface area is 242 Å². The number of esters is 1. The fourth-order valence-electron chi connectivity index (χ4n) is 5.49. The van der Waals surface area contributed by atoms with Gasteiger partial charge in [0.05, 0.1) is 23.2 Å². The molecule has 0 spiro atoms. The van der Waals surface area contributed by atoms with Gasteiger partial charge in [-0.3, -0.25) is 9.89 Å². The Kier molecular flexibility index (Phi) is 8.17. The molecule has 9 nitrogen and oxygen atoms in total. The summed E-state index contributed by atoms with van der Waals surface area (Å²) in [6, 6.07) is 3.76. The predicted octanol–water partition coefficient (Wildman–Crippen LogP) is 4.31. The number of halogens is 2. The highest BCUT2D eigenvalue weighted by molar-refractivity contribution is 7.11. The third kappa shape index (κ3) is 5.87. The molecule has 3 aliphatic rings. The summed E-state index contributed by atoms with van der Waals surface area (Å²) >= 11 is 7.82. The van der Waals surface area contributed by atoms with Crippen LogP contribution in [0.3, 0.4) is 0 Å². The average Bonchev–Trinajstić information content (AvgIpc) is 3.53. The molecule has 1 N–H and O–H groups in total. The van der Waals surface area contributed by atoms with E-state index in [-0.39, 0.29) is 34.7 Å². The molecule has 2 saturated heterocycles. The molecule has 0 unspecified atom stereocenters. The molecule has 3 aliphatic heterocycles. The number of urea groups is 1. The Morgan fingerprint density at radius 2 is 2.08 bits per heavy atom. The molecule has 1 aromatic heterocycles. The third-order valence-electron chi connectivity index (χ3n) is 7.09. The van der Waals surface area contributed by atoms with E-state index in [1.807, 2.05) is 15.2 Å². The van der Waals surface area contributed by atoms with Crippen molar-refractivity contribution in [2.75, 3.05) is 45.9 Å². The van der Waals surface area contributed by atoms with E-state index in [1.165, 1.54) is 17.4 Å². The maximum atomic E-state index is 14.6. The number of carbonyl (C=O) groups is 2. The summed E-state index contributed by atoms with van der Waals surface area (Å²) in [6.45, 7) is 11.9. The second kappa shape index (κ2) is 11.5. The minimum absolute atomic E-state index is 0.00803. The van der Waals surface area contributed by atoms with E-state index in [4.69, 9.17) is 21.3 Å². The number of amides is 2. The number of hydrogen-bond acceptors (Lipinski definition) is 8. The van der Waals surface area contributed by atoms with Gasteiger partial charge in [-0.25, -0.2) is 19.0 Å². The molecular formula is C28H34ClFN6O3S. The first kappa shape index (κ1) is 28.5. The third-order valence-corrected chi connectivity index (χ3v) is 8.27. The van der Waals surface area contributed by atoms with Gasteiger partial charge in [-0.2, -0.15) is 0 Å². The number of fused-ring (bicyclic) bond motifs is 1. The lowest BCUT2D eigenvalue weighted by Crippen LogP contribution is -2.53. The lowest BCUT2D eigenvalue weighted by Gasteiger charge is -2.38. The molecule has 2 fully saturated rings. The van der Waals surface area contributed by atoms with E-state index in [0.29, 0.717) is 61.4 Å². The SMILES string of the molecule is CCOC(=O)C1=C(CN2CCN3C(=O)N(CC(C)(C)C)C[C@@H]3C2)NC(c2nccs2)=N[C@H]1c1cccc(F)c1Cl. The maximum Gasteiger partial charge on any atom is 0.338 e. The molecule has 0 aliphatic carbocycles. The topological polar surface area (TPSA) is 90.4 Å². The molecule has 2 aromatic rings. The zero-order valence-corrected chi connectivity index (χ0v) is 24.7. The van der Waals surface area contributed by atoms with Crippen LogP contribution in [0, 0.1) is 11.2 Å². The van der Waals surface area contributed by atoms with Crippen molar-refractivity contribution in [3.8, 4) is 0 Å². The van der Waals surface area contributed by atoms with Gasteiger partial charge in [0, 0.05) is 62.1 Å². The van der Waals surface area contributed by atoms with Crippen LogP contribution in [0.25, 0.3) is 0 Å². The fraction of sp³-hybridized carbons (Fsp3) is 0.500. The number of ether oxygens (including phenoxy) is 1. The number of nitrogens with zero attached hydrogens (tertiary/aromatic N) is 5. The van der Waals surface area contributed by atoms with E-state index in [2.05, 4.69) is 36.0 Å². The second-order valence-corrected chi connectivity index (χ2v) is 12.7. The number of piperazine rings is 1. The number of rotatable bonds is 7. The molecule has 0 bridgehead atoms. The molecule has 40 heavy (non-hydrogen) atoms. The van der Waals surface area contributed by atoms with Crippen molar-refractivity contribution >= 4 is 40.8 Å². The lowest BCUT2D eigenvalue weighted by molar-refractivity contribution is -0.139.